The molecular formula is C73H126O6. The second-order valence-electron chi connectivity index (χ2n) is 22.3. The van der Waals surface area contributed by atoms with Gasteiger partial charge < -0.3 is 14.2 Å². The fourth-order valence-electron chi connectivity index (χ4n) is 9.60. The van der Waals surface area contributed by atoms with Crippen LogP contribution >= 0.6 is 0 Å². The summed E-state index contributed by atoms with van der Waals surface area (Å²) in [6, 6.07) is 0. The molecule has 0 aliphatic carbocycles. The summed E-state index contributed by atoms with van der Waals surface area (Å²) in [5, 5.41) is 0. The van der Waals surface area contributed by atoms with E-state index in [-0.39, 0.29) is 31.1 Å². The number of allylic oxidation sites excluding steroid dienone is 16. The molecule has 0 radical (unpaired) electrons. The Morgan fingerprint density at radius 2 is 0.494 bits per heavy atom. The third-order valence-corrected chi connectivity index (χ3v) is 14.6. The zero-order valence-corrected chi connectivity index (χ0v) is 52.1. The number of unbranched alkanes of at least 4 members (excludes halogenated alkanes) is 34. The lowest BCUT2D eigenvalue weighted by Gasteiger charge is -2.18. The minimum absolute atomic E-state index is 0.0868. The summed E-state index contributed by atoms with van der Waals surface area (Å²) in [5.74, 6) is -0.914. The van der Waals surface area contributed by atoms with E-state index in [1.165, 1.54) is 180 Å². The van der Waals surface area contributed by atoms with E-state index in [2.05, 4.69) is 118 Å². The van der Waals surface area contributed by atoms with Gasteiger partial charge in [0.15, 0.2) is 6.10 Å². The van der Waals surface area contributed by atoms with Crippen molar-refractivity contribution in [3.63, 3.8) is 0 Å². The van der Waals surface area contributed by atoms with Gasteiger partial charge in [0.1, 0.15) is 13.2 Å². The van der Waals surface area contributed by atoms with Crippen LogP contribution in [0.4, 0.5) is 0 Å². The molecule has 6 heteroatoms. The van der Waals surface area contributed by atoms with Crippen LogP contribution in [0.25, 0.3) is 0 Å². The number of hydrogen-bond acceptors (Lipinski definition) is 6. The van der Waals surface area contributed by atoms with Gasteiger partial charge in [0.25, 0.3) is 0 Å². The van der Waals surface area contributed by atoms with Crippen LogP contribution in [-0.4, -0.2) is 37.2 Å². The largest absolute Gasteiger partial charge is 0.462 e. The Bertz CT molecular complexity index is 1540. The summed E-state index contributed by atoms with van der Waals surface area (Å²) >= 11 is 0. The topological polar surface area (TPSA) is 78.9 Å². The van der Waals surface area contributed by atoms with Crippen LogP contribution in [0.3, 0.4) is 0 Å². The van der Waals surface area contributed by atoms with Gasteiger partial charge in [-0.15, -0.1) is 0 Å². The van der Waals surface area contributed by atoms with Gasteiger partial charge in [0.2, 0.25) is 0 Å². The van der Waals surface area contributed by atoms with E-state index in [1.54, 1.807) is 0 Å². The number of carbonyl (C=O) groups excluding carboxylic acids is 3. The van der Waals surface area contributed by atoms with Gasteiger partial charge in [-0.1, -0.05) is 311 Å². The highest BCUT2D eigenvalue weighted by Gasteiger charge is 2.19. The van der Waals surface area contributed by atoms with E-state index in [0.717, 1.165) is 109 Å². The standard InChI is InChI=1S/C73H126O6/c1-4-7-10-13-16-19-22-25-28-30-31-32-33-34-35-36-37-38-39-40-41-43-45-48-51-54-57-60-63-66-72(75)78-69-70(68-77-71(74)65-62-59-56-53-50-47-44-27-24-21-18-15-12-9-6-3)79-73(76)67-64-61-58-55-52-49-46-42-29-26-23-20-17-14-11-8-5-2/h7,9-10,12,16,18-19,21,25,27-28,31-32,44,50,53,70H,4-6,8,11,13-15,17,20,22-24,26,29-30,33-43,45-49,51-52,54-69H2,1-3H3/b10-7-,12-9-,19-16-,21-18-,28-25-,32-31-,44-27-,53-50-. The van der Waals surface area contributed by atoms with E-state index in [0.29, 0.717) is 19.3 Å². The van der Waals surface area contributed by atoms with Gasteiger partial charge >= 0.3 is 17.9 Å². The zero-order valence-electron chi connectivity index (χ0n) is 52.1. The molecule has 0 heterocycles. The van der Waals surface area contributed by atoms with Crippen LogP contribution in [-0.2, 0) is 28.6 Å². The molecule has 0 aliphatic rings. The van der Waals surface area contributed by atoms with E-state index in [4.69, 9.17) is 14.2 Å². The Kier molecular flexibility index (Phi) is 63.7. The monoisotopic (exact) mass is 1100 g/mol. The molecule has 0 aromatic carbocycles. The fraction of sp³-hybridized carbons (Fsp3) is 0.740. The highest BCUT2D eigenvalue weighted by atomic mass is 16.6. The third-order valence-electron chi connectivity index (χ3n) is 14.6. The molecule has 0 saturated heterocycles. The van der Waals surface area contributed by atoms with Crippen LogP contribution in [0.5, 0.6) is 0 Å². The molecule has 454 valence electrons. The quantitative estimate of drug-likeness (QED) is 0.0261. The van der Waals surface area contributed by atoms with Gasteiger partial charge in [-0.05, 0) is 96.3 Å². The number of carbonyl (C=O) groups is 3. The Hall–Kier alpha value is -3.67. The molecule has 0 aromatic rings. The second-order valence-corrected chi connectivity index (χ2v) is 22.3. The molecule has 6 nitrogen and oxygen atoms in total. The lowest BCUT2D eigenvalue weighted by molar-refractivity contribution is -0.167. The summed E-state index contributed by atoms with van der Waals surface area (Å²) in [4.78, 5) is 38.4. The zero-order chi connectivity index (χ0) is 57.1. The first-order valence-corrected chi connectivity index (χ1v) is 33.7. The molecule has 0 amide bonds. The Morgan fingerprint density at radius 3 is 0.797 bits per heavy atom. The predicted octanol–water partition coefficient (Wildman–Crippen LogP) is 23.2. The van der Waals surface area contributed by atoms with Crippen LogP contribution in [0.2, 0.25) is 0 Å². The Labute approximate surface area is 489 Å². The van der Waals surface area contributed by atoms with Crippen molar-refractivity contribution in [3.8, 4) is 0 Å². The van der Waals surface area contributed by atoms with Crippen molar-refractivity contribution in [2.24, 2.45) is 0 Å². The van der Waals surface area contributed by atoms with Gasteiger partial charge in [0.05, 0.1) is 0 Å². The fourth-order valence-corrected chi connectivity index (χ4v) is 9.60. The normalized spacial score (nSPS) is 12.7. The van der Waals surface area contributed by atoms with Crippen LogP contribution < -0.4 is 0 Å². The van der Waals surface area contributed by atoms with Crippen molar-refractivity contribution >= 4 is 17.9 Å². The number of rotatable bonds is 61. The Morgan fingerprint density at radius 1 is 0.266 bits per heavy atom. The summed E-state index contributed by atoms with van der Waals surface area (Å²) < 4.78 is 16.9. The molecule has 0 N–H and O–H groups in total. The molecule has 0 aromatic heterocycles. The molecule has 1 unspecified atom stereocenters. The van der Waals surface area contributed by atoms with Crippen LogP contribution in [0.15, 0.2) is 97.2 Å². The maximum Gasteiger partial charge on any atom is 0.306 e. The van der Waals surface area contributed by atoms with E-state index < -0.39 is 6.10 Å². The summed E-state index contributed by atoms with van der Waals surface area (Å²) in [6.45, 7) is 6.42. The van der Waals surface area contributed by atoms with Crippen molar-refractivity contribution in [2.75, 3.05) is 13.2 Å². The minimum atomic E-state index is -0.793. The lowest BCUT2D eigenvalue weighted by atomic mass is 10.0. The average Bonchev–Trinajstić information content (AvgIpc) is 3.45. The number of hydrogen-bond donors (Lipinski definition) is 0. The van der Waals surface area contributed by atoms with E-state index in [9.17, 15) is 14.4 Å². The van der Waals surface area contributed by atoms with Crippen LogP contribution in [0.1, 0.15) is 329 Å². The molecule has 1 atom stereocenters. The molecule has 0 fully saturated rings. The Balaban J connectivity index is 4.27. The second kappa shape index (κ2) is 66.8. The molecule has 0 bridgehead atoms. The molecule has 79 heavy (non-hydrogen) atoms. The first-order valence-electron chi connectivity index (χ1n) is 33.7. The number of esters is 3. The van der Waals surface area contributed by atoms with Gasteiger partial charge in [-0.2, -0.15) is 0 Å². The van der Waals surface area contributed by atoms with Crippen molar-refractivity contribution in [1.29, 1.82) is 0 Å². The maximum atomic E-state index is 12.9. The first kappa shape index (κ1) is 75.3. The van der Waals surface area contributed by atoms with E-state index >= 15 is 0 Å². The summed E-state index contributed by atoms with van der Waals surface area (Å²) in [6.07, 6.45) is 90.1. The first-order chi connectivity index (χ1) is 39.0. The molecule has 0 saturated carbocycles. The van der Waals surface area contributed by atoms with Crippen molar-refractivity contribution in [1.82, 2.24) is 0 Å². The number of ether oxygens (including phenoxy) is 3. The summed E-state index contributed by atoms with van der Waals surface area (Å²) in [5.41, 5.74) is 0. The van der Waals surface area contributed by atoms with E-state index in [1.807, 2.05) is 0 Å². The highest BCUT2D eigenvalue weighted by Crippen LogP contribution is 2.17. The van der Waals surface area contributed by atoms with Gasteiger partial charge in [0, 0.05) is 19.3 Å². The SMILES string of the molecule is CC/C=C\C/C=C\C/C=C\C/C=C\CCCCCCCCCCCCCCCCCCC(=O)OCC(COC(=O)CCCC/C=C\C/C=C\C/C=C\C/C=C\CC)OC(=O)CCCCCCCCCCCCCCCCCCC. The minimum Gasteiger partial charge on any atom is -0.462 e. The average molecular weight is 1100 g/mol. The highest BCUT2D eigenvalue weighted by molar-refractivity contribution is 5.71. The van der Waals surface area contributed by atoms with Gasteiger partial charge in [-0.3, -0.25) is 14.4 Å². The summed E-state index contributed by atoms with van der Waals surface area (Å²) in [7, 11) is 0. The van der Waals surface area contributed by atoms with Crippen molar-refractivity contribution in [3.05, 3.63) is 97.2 Å². The maximum absolute atomic E-state index is 12.9. The smallest absolute Gasteiger partial charge is 0.306 e. The predicted molar refractivity (Wildman–Crippen MR) is 344 cm³/mol. The lowest BCUT2D eigenvalue weighted by Crippen LogP contribution is -2.30. The van der Waals surface area contributed by atoms with Crippen molar-refractivity contribution in [2.45, 2.75) is 335 Å². The van der Waals surface area contributed by atoms with Crippen LogP contribution in [0, 0.1) is 0 Å². The van der Waals surface area contributed by atoms with Gasteiger partial charge in [-0.25, -0.2) is 0 Å². The van der Waals surface area contributed by atoms with Crippen molar-refractivity contribution < 1.29 is 28.6 Å². The molecule has 0 spiro atoms. The molecule has 0 aliphatic heterocycles. The third kappa shape index (κ3) is 65.0. The molecule has 0 rings (SSSR count). The molecular weight excluding hydrogens is 973 g/mol.